The van der Waals surface area contributed by atoms with Crippen LogP contribution >= 0.6 is 0 Å². The molecule has 0 aliphatic carbocycles. The molecule has 25 heavy (non-hydrogen) atoms. The summed E-state index contributed by atoms with van der Waals surface area (Å²) in [5, 5.41) is 0. The van der Waals surface area contributed by atoms with E-state index in [4.69, 9.17) is 4.74 Å². The molecule has 0 heterocycles. The second-order valence-corrected chi connectivity index (χ2v) is 8.21. The number of Topliss-reactive ketones (excluding diaryl/α,β-unsaturated/α-hetero) is 1. The summed E-state index contributed by atoms with van der Waals surface area (Å²) in [6.45, 7) is 9.30. The minimum atomic E-state index is -0.630. The van der Waals surface area contributed by atoms with Crippen molar-refractivity contribution in [3.8, 4) is 0 Å². The van der Waals surface area contributed by atoms with Crippen molar-refractivity contribution in [2.24, 2.45) is 11.8 Å². The van der Waals surface area contributed by atoms with Crippen molar-refractivity contribution in [1.82, 2.24) is 0 Å². The first-order chi connectivity index (χ1) is 11.9. The predicted octanol–water partition coefficient (Wildman–Crippen LogP) is 6.48. The van der Waals surface area contributed by atoms with Crippen molar-refractivity contribution in [2.45, 2.75) is 111 Å². The fraction of sp³-hybridized carbons (Fsp3) is 0.909. The minimum absolute atomic E-state index is 0.336. The topological polar surface area (TPSA) is 43.4 Å². The molecule has 0 N–H and O–H groups in total. The maximum Gasteiger partial charge on any atom is 0.374 e. The van der Waals surface area contributed by atoms with E-state index in [0.717, 1.165) is 38.0 Å². The summed E-state index contributed by atoms with van der Waals surface area (Å²) in [5.74, 6) is 0.497. The third-order valence-electron chi connectivity index (χ3n) is 4.57. The molecule has 0 fully saturated rings. The summed E-state index contributed by atoms with van der Waals surface area (Å²) >= 11 is 0. The molecule has 0 aliphatic heterocycles. The van der Waals surface area contributed by atoms with Gasteiger partial charge in [0.05, 0.1) is 6.61 Å². The van der Waals surface area contributed by atoms with Crippen LogP contribution in [0.5, 0.6) is 0 Å². The van der Waals surface area contributed by atoms with Gasteiger partial charge in [-0.3, -0.25) is 4.79 Å². The average Bonchev–Trinajstić information content (AvgIpc) is 2.55. The van der Waals surface area contributed by atoms with Gasteiger partial charge in [0.25, 0.3) is 0 Å². The van der Waals surface area contributed by atoms with Crippen molar-refractivity contribution in [3.05, 3.63) is 0 Å². The van der Waals surface area contributed by atoms with Crippen LogP contribution in [0.4, 0.5) is 0 Å². The third kappa shape index (κ3) is 17.7. The van der Waals surface area contributed by atoms with Gasteiger partial charge in [0.2, 0.25) is 5.78 Å². The molecule has 0 aromatic heterocycles. The number of carbonyl (C=O) groups excluding carboxylic acids is 2. The molecule has 0 amide bonds. The number of esters is 1. The molecule has 0 unspecified atom stereocenters. The van der Waals surface area contributed by atoms with E-state index < -0.39 is 5.97 Å². The minimum Gasteiger partial charge on any atom is -0.460 e. The number of ether oxygens (including phenoxy) is 1. The molecule has 0 bridgehead atoms. The molecule has 0 aliphatic rings. The van der Waals surface area contributed by atoms with E-state index in [1.807, 2.05) is 0 Å². The van der Waals surface area contributed by atoms with Crippen LogP contribution in [0.25, 0.3) is 0 Å². The maximum absolute atomic E-state index is 11.6. The van der Waals surface area contributed by atoms with E-state index in [9.17, 15) is 9.59 Å². The van der Waals surface area contributed by atoms with Gasteiger partial charge < -0.3 is 4.74 Å². The number of hydrogen-bond donors (Lipinski definition) is 0. The van der Waals surface area contributed by atoms with E-state index >= 15 is 0 Å². The first-order valence-corrected chi connectivity index (χ1v) is 10.6. The molecule has 0 saturated carbocycles. The van der Waals surface area contributed by atoms with Gasteiger partial charge in [-0.15, -0.1) is 0 Å². The van der Waals surface area contributed by atoms with Crippen molar-refractivity contribution < 1.29 is 14.3 Å². The monoisotopic (exact) mass is 354 g/mol. The van der Waals surface area contributed by atoms with Gasteiger partial charge in [-0.2, -0.15) is 0 Å². The number of rotatable bonds is 17. The zero-order chi connectivity index (χ0) is 18.9. The van der Waals surface area contributed by atoms with Gasteiger partial charge >= 0.3 is 5.97 Å². The van der Waals surface area contributed by atoms with Crippen LogP contribution in [0.15, 0.2) is 0 Å². The number of ketones is 1. The summed E-state index contributed by atoms with van der Waals surface area (Å²) in [6, 6.07) is 0. The molecule has 0 saturated heterocycles. The highest BCUT2D eigenvalue weighted by atomic mass is 16.5. The Hall–Kier alpha value is -0.860. The van der Waals surface area contributed by atoms with Crippen molar-refractivity contribution in [1.29, 1.82) is 0 Å². The lowest BCUT2D eigenvalue weighted by Gasteiger charge is -2.06. The molecule has 0 spiro atoms. The quantitative estimate of drug-likeness (QED) is 0.170. The Morgan fingerprint density at radius 3 is 1.60 bits per heavy atom. The van der Waals surface area contributed by atoms with Gasteiger partial charge in [-0.05, 0) is 24.7 Å². The molecule has 3 heteroatoms. The highest BCUT2D eigenvalue weighted by Crippen LogP contribution is 2.13. The normalized spacial score (nSPS) is 11.3. The fourth-order valence-corrected chi connectivity index (χ4v) is 2.90. The predicted molar refractivity (Wildman–Crippen MR) is 106 cm³/mol. The number of unbranched alkanes of at least 4 members (excludes halogenated alkanes) is 8. The Morgan fingerprint density at radius 2 is 1.08 bits per heavy atom. The average molecular weight is 355 g/mol. The number of hydrogen-bond acceptors (Lipinski definition) is 3. The summed E-state index contributed by atoms with van der Waals surface area (Å²) in [4.78, 5) is 23.2. The molecule has 3 nitrogen and oxygen atoms in total. The van der Waals surface area contributed by atoms with E-state index in [1.165, 1.54) is 44.9 Å². The summed E-state index contributed by atoms with van der Waals surface area (Å²) in [5.41, 5.74) is 0. The van der Waals surface area contributed by atoms with Crippen LogP contribution in [-0.4, -0.2) is 18.4 Å². The zero-order valence-electron chi connectivity index (χ0n) is 17.3. The van der Waals surface area contributed by atoms with E-state index in [1.54, 1.807) is 0 Å². The smallest absolute Gasteiger partial charge is 0.374 e. The summed E-state index contributed by atoms with van der Waals surface area (Å²) in [7, 11) is 0. The highest BCUT2D eigenvalue weighted by Gasteiger charge is 2.14. The van der Waals surface area contributed by atoms with Gasteiger partial charge in [-0.1, -0.05) is 91.9 Å². The van der Waals surface area contributed by atoms with Gasteiger partial charge in [0.1, 0.15) is 0 Å². The maximum atomic E-state index is 11.6. The van der Waals surface area contributed by atoms with Crippen LogP contribution < -0.4 is 0 Å². The molecule has 0 aromatic rings. The lowest BCUT2D eigenvalue weighted by atomic mass is 10.0. The van der Waals surface area contributed by atoms with Crippen LogP contribution in [-0.2, 0) is 14.3 Å². The van der Waals surface area contributed by atoms with Crippen LogP contribution in [0.1, 0.15) is 111 Å². The lowest BCUT2D eigenvalue weighted by Crippen LogP contribution is -2.17. The van der Waals surface area contributed by atoms with E-state index in [-0.39, 0.29) is 5.78 Å². The largest absolute Gasteiger partial charge is 0.460 e. The Labute approximate surface area is 156 Å². The summed E-state index contributed by atoms with van der Waals surface area (Å²) in [6.07, 6.45) is 14.4. The molecular weight excluding hydrogens is 312 g/mol. The van der Waals surface area contributed by atoms with Gasteiger partial charge in [0.15, 0.2) is 0 Å². The second kappa shape index (κ2) is 16.6. The fourth-order valence-electron chi connectivity index (χ4n) is 2.90. The second-order valence-electron chi connectivity index (χ2n) is 8.21. The highest BCUT2D eigenvalue weighted by molar-refractivity contribution is 6.33. The zero-order valence-corrected chi connectivity index (χ0v) is 17.3. The number of carbonyl (C=O) groups is 2. The van der Waals surface area contributed by atoms with Gasteiger partial charge in [-0.25, -0.2) is 4.79 Å². The Kier molecular flexibility index (Phi) is 16.0. The molecular formula is C22H42O3. The van der Waals surface area contributed by atoms with E-state index in [0.29, 0.717) is 18.9 Å². The molecule has 0 radical (unpaired) electrons. The first kappa shape index (κ1) is 24.1. The Balaban J connectivity index is 3.35. The van der Waals surface area contributed by atoms with Crippen LogP contribution in [0.2, 0.25) is 0 Å². The standard InChI is InChI=1S/C22H42O3/c1-19(2)15-11-9-7-5-6-8-10-14-18-25-22(24)21(23)17-13-12-16-20(3)4/h19-20H,5-18H2,1-4H3. The first-order valence-electron chi connectivity index (χ1n) is 10.6. The molecule has 0 atom stereocenters. The van der Waals surface area contributed by atoms with Crippen molar-refractivity contribution in [2.75, 3.05) is 6.61 Å². The van der Waals surface area contributed by atoms with Gasteiger partial charge in [0, 0.05) is 6.42 Å². The summed E-state index contributed by atoms with van der Waals surface area (Å²) < 4.78 is 5.08. The molecule has 148 valence electrons. The van der Waals surface area contributed by atoms with Crippen molar-refractivity contribution >= 4 is 11.8 Å². The lowest BCUT2D eigenvalue weighted by molar-refractivity contribution is -0.154. The van der Waals surface area contributed by atoms with Crippen LogP contribution in [0, 0.1) is 11.8 Å². The Morgan fingerprint density at radius 1 is 0.640 bits per heavy atom. The van der Waals surface area contributed by atoms with Crippen LogP contribution in [0.3, 0.4) is 0 Å². The third-order valence-corrected chi connectivity index (χ3v) is 4.57. The SMILES string of the molecule is CC(C)CCCCCCCCCCOC(=O)C(=O)CCCCC(C)C. The molecule has 0 aromatic carbocycles. The van der Waals surface area contributed by atoms with Crippen molar-refractivity contribution in [3.63, 3.8) is 0 Å². The molecule has 0 rings (SSSR count). The van der Waals surface area contributed by atoms with E-state index in [2.05, 4.69) is 27.7 Å². The Bertz CT molecular complexity index is 334.